The molecule has 0 saturated carbocycles. The van der Waals surface area contributed by atoms with Crippen molar-refractivity contribution < 1.29 is 4.79 Å². The third-order valence-corrected chi connectivity index (χ3v) is 5.49. The lowest BCUT2D eigenvalue weighted by Gasteiger charge is -2.10. The van der Waals surface area contributed by atoms with Gasteiger partial charge in [-0.15, -0.1) is 10.2 Å². The minimum atomic E-state index is -0.113. The van der Waals surface area contributed by atoms with Crippen LogP contribution in [0.3, 0.4) is 0 Å². The molecule has 2 heterocycles. The Hall–Kier alpha value is -3.16. The van der Waals surface area contributed by atoms with E-state index in [4.69, 9.17) is 11.6 Å². The number of nitrogens with one attached hydrogen (secondary N) is 1. The number of nitrogens with zero attached hydrogens (tertiary/aromatic N) is 4. The van der Waals surface area contributed by atoms with Crippen molar-refractivity contribution in [3.05, 3.63) is 83.6 Å². The number of benzene rings is 2. The highest BCUT2D eigenvalue weighted by Gasteiger charge is 2.17. The summed E-state index contributed by atoms with van der Waals surface area (Å²) in [6, 6.07) is 18.8. The van der Waals surface area contributed by atoms with E-state index in [0.717, 1.165) is 22.5 Å². The number of hydrogen-bond donors (Lipinski definition) is 1. The second-order valence-electron chi connectivity index (χ2n) is 6.56. The molecule has 0 atom stereocenters. The zero-order valence-electron chi connectivity index (χ0n) is 16.1. The number of aromatic nitrogens is 4. The first-order valence-corrected chi connectivity index (χ1v) is 10.6. The van der Waals surface area contributed by atoms with Crippen LogP contribution in [0, 0.1) is 6.92 Å². The van der Waals surface area contributed by atoms with E-state index < -0.39 is 0 Å². The van der Waals surface area contributed by atoms with Gasteiger partial charge in [0.15, 0.2) is 11.0 Å². The molecule has 0 bridgehead atoms. The molecule has 1 amide bonds. The zero-order valence-corrected chi connectivity index (χ0v) is 17.7. The number of halogens is 1. The maximum Gasteiger partial charge on any atom is 0.234 e. The third kappa shape index (κ3) is 4.69. The van der Waals surface area contributed by atoms with Crippen molar-refractivity contribution >= 4 is 35.0 Å². The predicted molar refractivity (Wildman–Crippen MR) is 120 cm³/mol. The Bertz CT molecular complexity index is 1140. The van der Waals surface area contributed by atoms with Crippen LogP contribution in [0.15, 0.2) is 78.2 Å². The molecule has 0 unspecified atom stereocenters. The van der Waals surface area contributed by atoms with Crippen molar-refractivity contribution in [2.75, 3.05) is 11.1 Å². The quantitative estimate of drug-likeness (QED) is 0.430. The van der Waals surface area contributed by atoms with Crippen molar-refractivity contribution in [3.8, 4) is 17.1 Å². The van der Waals surface area contributed by atoms with Crippen LogP contribution in [0.1, 0.15) is 5.56 Å². The number of carbonyl (C=O) groups excluding carboxylic acids is 1. The highest BCUT2D eigenvalue weighted by atomic mass is 35.5. The number of hydrogen-bond acceptors (Lipinski definition) is 5. The summed E-state index contributed by atoms with van der Waals surface area (Å²) in [6.45, 7) is 2.00. The third-order valence-electron chi connectivity index (χ3n) is 4.31. The molecular weight excluding hydrogens is 418 g/mol. The van der Waals surface area contributed by atoms with Crippen molar-refractivity contribution in [1.29, 1.82) is 0 Å². The first-order chi connectivity index (χ1) is 14.6. The lowest BCUT2D eigenvalue weighted by molar-refractivity contribution is -0.113. The van der Waals surface area contributed by atoms with E-state index in [1.807, 2.05) is 72.2 Å². The molecule has 0 spiro atoms. The number of anilines is 1. The number of aryl methyl sites for hydroxylation is 1. The van der Waals surface area contributed by atoms with Gasteiger partial charge in [0.1, 0.15) is 0 Å². The second-order valence-corrected chi connectivity index (χ2v) is 7.94. The van der Waals surface area contributed by atoms with Gasteiger partial charge in [-0.3, -0.25) is 14.3 Å². The van der Waals surface area contributed by atoms with E-state index in [9.17, 15) is 4.79 Å². The first-order valence-electron chi connectivity index (χ1n) is 9.21. The summed E-state index contributed by atoms with van der Waals surface area (Å²) in [6.07, 6.45) is 3.44. The molecule has 0 aliphatic heterocycles. The number of amides is 1. The van der Waals surface area contributed by atoms with Crippen LogP contribution in [0.5, 0.6) is 0 Å². The van der Waals surface area contributed by atoms with Crippen LogP contribution in [0.25, 0.3) is 17.1 Å². The Labute approximate surface area is 183 Å². The van der Waals surface area contributed by atoms with E-state index in [2.05, 4.69) is 20.5 Å². The maximum absolute atomic E-state index is 12.4. The lowest BCUT2D eigenvalue weighted by atomic mass is 10.2. The van der Waals surface area contributed by atoms with Crippen molar-refractivity contribution in [2.24, 2.45) is 0 Å². The monoisotopic (exact) mass is 435 g/mol. The SMILES string of the molecule is Cc1ccc(NC(=O)CSc2nnc(-c3cccnc3)n2-c2ccc(Cl)cc2)cc1. The Kier molecular flexibility index (Phi) is 6.11. The van der Waals surface area contributed by atoms with E-state index in [-0.39, 0.29) is 11.7 Å². The number of pyridine rings is 1. The summed E-state index contributed by atoms with van der Waals surface area (Å²) in [5.74, 6) is 0.733. The molecule has 0 saturated heterocycles. The number of rotatable bonds is 6. The van der Waals surface area contributed by atoms with Gasteiger partial charge in [0.25, 0.3) is 0 Å². The Morgan fingerprint density at radius 3 is 2.53 bits per heavy atom. The molecule has 30 heavy (non-hydrogen) atoms. The summed E-state index contributed by atoms with van der Waals surface area (Å²) < 4.78 is 1.90. The largest absolute Gasteiger partial charge is 0.325 e. The van der Waals surface area contributed by atoms with Gasteiger partial charge in [0, 0.05) is 34.4 Å². The molecule has 2 aromatic carbocycles. The Morgan fingerprint density at radius 1 is 1.07 bits per heavy atom. The molecule has 0 radical (unpaired) electrons. The molecule has 0 fully saturated rings. The molecule has 1 N–H and O–H groups in total. The standard InChI is InChI=1S/C22H18ClN5OS/c1-15-4-8-18(9-5-15)25-20(29)14-30-22-27-26-21(16-3-2-12-24-13-16)28(22)19-10-6-17(23)7-11-19/h2-13H,14H2,1H3,(H,25,29). The van der Waals surface area contributed by atoms with Crippen LogP contribution in [0.2, 0.25) is 5.02 Å². The lowest BCUT2D eigenvalue weighted by Crippen LogP contribution is -2.14. The van der Waals surface area contributed by atoms with Gasteiger partial charge in [-0.1, -0.05) is 41.1 Å². The molecule has 4 aromatic rings. The zero-order chi connectivity index (χ0) is 20.9. The molecule has 4 rings (SSSR count). The summed E-state index contributed by atoms with van der Waals surface area (Å²) in [4.78, 5) is 16.6. The van der Waals surface area contributed by atoms with Crippen molar-refractivity contribution in [3.63, 3.8) is 0 Å². The highest BCUT2D eigenvalue weighted by Crippen LogP contribution is 2.28. The Morgan fingerprint density at radius 2 is 1.83 bits per heavy atom. The average molecular weight is 436 g/mol. The molecule has 150 valence electrons. The summed E-state index contributed by atoms with van der Waals surface area (Å²) in [7, 11) is 0. The average Bonchev–Trinajstić information content (AvgIpc) is 3.19. The second kappa shape index (κ2) is 9.11. The first kappa shape index (κ1) is 20.1. The molecule has 2 aromatic heterocycles. The maximum atomic E-state index is 12.4. The topological polar surface area (TPSA) is 72.7 Å². The molecule has 0 aliphatic carbocycles. The van der Waals surface area contributed by atoms with Gasteiger partial charge in [0.2, 0.25) is 5.91 Å². The fourth-order valence-electron chi connectivity index (χ4n) is 2.83. The van der Waals surface area contributed by atoms with Gasteiger partial charge in [-0.25, -0.2) is 0 Å². The van der Waals surface area contributed by atoms with E-state index >= 15 is 0 Å². The van der Waals surface area contributed by atoms with Crippen molar-refractivity contribution in [1.82, 2.24) is 19.7 Å². The fourth-order valence-corrected chi connectivity index (χ4v) is 3.71. The van der Waals surface area contributed by atoms with Crippen LogP contribution in [-0.2, 0) is 4.79 Å². The van der Waals surface area contributed by atoms with Gasteiger partial charge >= 0.3 is 0 Å². The van der Waals surface area contributed by atoms with Gasteiger partial charge in [0.05, 0.1) is 5.75 Å². The van der Waals surface area contributed by atoms with Crippen LogP contribution >= 0.6 is 23.4 Å². The Balaban J connectivity index is 1.58. The smallest absolute Gasteiger partial charge is 0.234 e. The van der Waals surface area contributed by atoms with Crippen molar-refractivity contribution in [2.45, 2.75) is 12.1 Å². The molecule has 8 heteroatoms. The number of thioether (sulfide) groups is 1. The minimum absolute atomic E-state index is 0.113. The number of carbonyl (C=O) groups is 1. The summed E-state index contributed by atoms with van der Waals surface area (Å²) in [5, 5.41) is 12.8. The minimum Gasteiger partial charge on any atom is -0.325 e. The van der Waals surface area contributed by atoms with E-state index in [1.54, 1.807) is 12.4 Å². The normalized spacial score (nSPS) is 10.7. The highest BCUT2D eigenvalue weighted by molar-refractivity contribution is 7.99. The molecule has 0 aliphatic rings. The summed E-state index contributed by atoms with van der Waals surface area (Å²) >= 11 is 7.37. The predicted octanol–water partition coefficient (Wildman–Crippen LogP) is 5.02. The summed E-state index contributed by atoms with van der Waals surface area (Å²) in [5.41, 5.74) is 3.59. The van der Waals surface area contributed by atoms with Gasteiger partial charge < -0.3 is 5.32 Å². The molecule has 6 nitrogen and oxygen atoms in total. The molecular formula is C22H18ClN5OS. The fraction of sp³-hybridized carbons (Fsp3) is 0.0909. The van der Waals surface area contributed by atoms with Crippen LogP contribution in [0.4, 0.5) is 5.69 Å². The van der Waals surface area contributed by atoms with Crippen LogP contribution < -0.4 is 5.32 Å². The van der Waals surface area contributed by atoms with Gasteiger partial charge in [-0.2, -0.15) is 0 Å². The van der Waals surface area contributed by atoms with E-state index in [1.165, 1.54) is 11.8 Å². The van der Waals surface area contributed by atoms with E-state index in [0.29, 0.717) is 16.0 Å². The van der Waals surface area contributed by atoms with Gasteiger partial charge in [-0.05, 0) is 55.5 Å². The van der Waals surface area contributed by atoms with Crippen LogP contribution in [-0.4, -0.2) is 31.4 Å².